The number of sulfone groups is 1. The van der Waals surface area contributed by atoms with Crippen LogP contribution >= 0.6 is 0 Å². The summed E-state index contributed by atoms with van der Waals surface area (Å²) in [7, 11) is -2.86. The fourth-order valence-electron chi connectivity index (χ4n) is 1.98. The fraction of sp³-hybridized carbons (Fsp3) is 0.500. The van der Waals surface area contributed by atoms with Crippen molar-refractivity contribution in [1.82, 2.24) is 4.98 Å². The lowest BCUT2D eigenvalue weighted by atomic mass is 10.1. The number of nitrogens with zero attached hydrogens (tertiary/aromatic N) is 2. The van der Waals surface area contributed by atoms with Gasteiger partial charge >= 0.3 is 0 Å². The van der Waals surface area contributed by atoms with E-state index in [9.17, 15) is 8.42 Å². The Labute approximate surface area is 107 Å². The molecule has 0 aromatic carbocycles. The maximum Gasteiger partial charge on any atom is 0.150 e. The zero-order valence-electron chi connectivity index (χ0n) is 10.2. The molecule has 0 amide bonds. The number of nitrogens with one attached hydrogen (secondary N) is 1. The Morgan fingerprint density at radius 2 is 2.06 bits per heavy atom. The average molecular weight is 265 g/mol. The van der Waals surface area contributed by atoms with Crippen LogP contribution in [0.25, 0.3) is 0 Å². The van der Waals surface area contributed by atoms with Crippen LogP contribution in [0.2, 0.25) is 0 Å². The van der Waals surface area contributed by atoms with Crippen molar-refractivity contribution in [3.05, 3.63) is 23.4 Å². The lowest BCUT2D eigenvalue weighted by Gasteiger charge is -2.24. The molecule has 6 heteroatoms. The maximum absolute atomic E-state index is 11.3. The van der Waals surface area contributed by atoms with E-state index in [0.29, 0.717) is 24.2 Å². The van der Waals surface area contributed by atoms with Gasteiger partial charge in [-0.3, -0.25) is 0 Å². The second-order valence-corrected chi connectivity index (χ2v) is 6.83. The highest BCUT2D eigenvalue weighted by Gasteiger charge is 2.24. The van der Waals surface area contributed by atoms with Gasteiger partial charge in [-0.1, -0.05) is 0 Å². The standard InChI is InChI=1S/C12H15N3O2S/c1-9-2-3-10(8-13)12(14-9)15-11-4-6-18(16,17)7-5-11/h2-3,11H,4-7H2,1H3,(H,14,15). The molecule has 96 valence electrons. The lowest BCUT2D eigenvalue weighted by molar-refractivity contribution is 0.559. The third-order valence-corrected chi connectivity index (χ3v) is 4.77. The molecule has 0 bridgehead atoms. The van der Waals surface area contributed by atoms with Gasteiger partial charge in [0.25, 0.3) is 0 Å². The zero-order chi connectivity index (χ0) is 13.2. The van der Waals surface area contributed by atoms with Crippen molar-refractivity contribution in [3.63, 3.8) is 0 Å². The molecule has 18 heavy (non-hydrogen) atoms. The Hall–Kier alpha value is -1.61. The molecule has 1 aliphatic heterocycles. The molecular weight excluding hydrogens is 250 g/mol. The molecule has 1 fully saturated rings. The summed E-state index contributed by atoms with van der Waals surface area (Å²) in [5.74, 6) is 0.971. The summed E-state index contributed by atoms with van der Waals surface area (Å²) in [4.78, 5) is 4.29. The first kappa shape index (κ1) is 12.8. The second kappa shape index (κ2) is 4.94. The zero-order valence-corrected chi connectivity index (χ0v) is 11.0. The van der Waals surface area contributed by atoms with Crippen LogP contribution in [0.3, 0.4) is 0 Å². The highest BCUT2D eigenvalue weighted by atomic mass is 32.2. The monoisotopic (exact) mass is 265 g/mol. The number of aryl methyl sites for hydroxylation is 1. The molecule has 0 saturated carbocycles. The van der Waals surface area contributed by atoms with E-state index >= 15 is 0 Å². The number of aromatic nitrogens is 1. The normalized spacial score (nSPS) is 19.1. The van der Waals surface area contributed by atoms with Gasteiger partial charge in [0.2, 0.25) is 0 Å². The fourth-order valence-corrected chi connectivity index (χ4v) is 3.48. The van der Waals surface area contributed by atoms with Crippen molar-refractivity contribution >= 4 is 15.7 Å². The molecule has 1 N–H and O–H groups in total. The smallest absolute Gasteiger partial charge is 0.150 e. The maximum atomic E-state index is 11.3. The van der Waals surface area contributed by atoms with E-state index < -0.39 is 9.84 Å². The summed E-state index contributed by atoms with van der Waals surface area (Å²) in [6.07, 6.45) is 1.14. The number of anilines is 1. The molecule has 0 unspecified atom stereocenters. The van der Waals surface area contributed by atoms with E-state index in [-0.39, 0.29) is 17.5 Å². The molecule has 1 aromatic heterocycles. The van der Waals surface area contributed by atoms with Crippen LogP contribution in [0.15, 0.2) is 12.1 Å². The number of pyridine rings is 1. The van der Waals surface area contributed by atoms with E-state index in [1.165, 1.54) is 0 Å². The van der Waals surface area contributed by atoms with Crippen LogP contribution in [-0.2, 0) is 9.84 Å². The first-order valence-electron chi connectivity index (χ1n) is 5.85. The minimum atomic E-state index is -2.86. The average Bonchev–Trinajstić information content (AvgIpc) is 2.32. The predicted octanol–water partition coefficient (Wildman–Crippen LogP) is 1.25. The van der Waals surface area contributed by atoms with Crippen molar-refractivity contribution in [1.29, 1.82) is 5.26 Å². The van der Waals surface area contributed by atoms with Crippen LogP contribution in [0.1, 0.15) is 24.1 Å². The van der Waals surface area contributed by atoms with E-state index in [0.717, 1.165) is 5.69 Å². The molecule has 1 aromatic rings. The summed E-state index contributed by atoms with van der Waals surface area (Å²) in [6.45, 7) is 1.86. The highest BCUT2D eigenvalue weighted by Crippen LogP contribution is 2.19. The van der Waals surface area contributed by atoms with Gasteiger partial charge in [0.05, 0.1) is 17.1 Å². The van der Waals surface area contributed by atoms with Crippen molar-refractivity contribution in [2.75, 3.05) is 16.8 Å². The van der Waals surface area contributed by atoms with Gasteiger partial charge in [-0.15, -0.1) is 0 Å². The Bertz CT molecular complexity index is 576. The molecule has 0 atom stereocenters. The third kappa shape index (κ3) is 2.99. The van der Waals surface area contributed by atoms with Crippen molar-refractivity contribution < 1.29 is 8.42 Å². The summed E-state index contributed by atoms with van der Waals surface area (Å²) < 4.78 is 22.7. The quantitative estimate of drug-likeness (QED) is 0.870. The molecule has 0 radical (unpaired) electrons. The molecule has 5 nitrogen and oxygen atoms in total. The molecule has 2 heterocycles. The van der Waals surface area contributed by atoms with Crippen molar-refractivity contribution in [3.8, 4) is 6.07 Å². The minimum Gasteiger partial charge on any atom is -0.366 e. The van der Waals surface area contributed by atoms with Crippen LogP contribution in [-0.4, -0.2) is 30.9 Å². The van der Waals surface area contributed by atoms with Crippen LogP contribution in [0.4, 0.5) is 5.82 Å². The van der Waals surface area contributed by atoms with Gasteiger partial charge in [0.15, 0.2) is 0 Å². The Kier molecular flexibility index (Phi) is 3.53. The molecule has 1 saturated heterocycles. The van der Waals surface area contributed by atoms with E-state index in [4.69, 9.17) is 5.26 Å². The molecule has 1 aliphatic rings. The molecule has 0 aliphatic carbocycles. The van der Waals surface area contributed by atoms with Gasteiger partial charge in [-0.05, 0) is 31.9 Å². The topological polar surface area (TPSA) is 82.9 Å². The SMILES string of the molecule is Cc1ccc(C#N)c(NC2CCS(=O)(=O)CC2)n1. The van der Waals surface area contributed by atoms with E-state index in [2.05, 4.69) is 16.4 Å². The van der Waals surface area contributed by atoms with Crippen molar-refractivity contribution in [2.45, 2.75) is 25.8 Å². The van der Waals surface area contributed by atoms with Crippen molar-refractivity contribution in [2.24, 2.45) is 0 Å². The number of hydrogen-bond donors (Lipinski definition) is 1. The summed E-state index contributed by atoms with van der Waals surface area (Å²) in [6, 6.07) is 5.68. The highest BCUT2D eigenvalue weighted by molar-refractivity contribution is 7.91. The minimum absolute atomic E-state index is 0.0786. The Balaban J connectivity index is 2.11. The predicted molar refractivity (Wildman–Crippen MR) is 69.0 cm³/mol. The van der Waals surface area contributed by atoms with Crippen LogP contribution in [0.5, 0.6) is 0 Å². The van der Waals surface area contributed by atoms with Crippen LogP contribution < -0.4 is 5.32 Å². The number of hydrogen-bond acceptors (Lipinski definition) is 5. The largest absolute Gasteiger partial charge is 0.366 e. The Morgan fingerprint density at radius 1 is 1.39 bits per heavy atom. The van der Waals surface area contributed by atoms with E-state index in [1.807, 2.05) is 6.92 Å². The van der Waals surface area contributed by atoms with E-state index in [1.54, 1.807) is 12.1 Å². The number of nitriles is 1. The van der Waals surface area contributed by atoms with Crippen LogP contribution in [0, 0.1) is 18.3 Å². The van der Waals surface area contributed by atoms with Gasteiger partial charge < -0.3 is 5.32 Å². The van der Waals surface area contributed by atoms with Gasteiger partial charge in [-0.2, -0.15) is 5.26 Å². The third-order valence-electron chi connectivity index (χ3n) is 3.05. The van der Waals surface area contributed by atoms with Gasteiger partial charge in [0.1, 0.15) is 21.7 Å². The lowest BCUT2D eigenvalue weighted by Crippen LogP contribution is -2.32. The van der Waals surface area contributed by atoms with Gasteiger partial charge in [0, 0.05) is 11.7 Å². The first-order chi connectivity index (χ1) is 8.50. The molecule has 2 rings (SSSR count). The molecule has 0 spiro atoms. The van der Waals surface area contributed by atoms with Gasteiger partial charge in [-0.25, -0.2) is 13.4 Å². The molecular formula is C12H15N3O2S. The summed E-state index contributed by atoms with van der Waals surface area (Å²) in [5, 5.41) is 12.2. The Morgan fingerprint density at radius 3 is 2.67 bits per heavy atom. The second-order valence-electron chi connectivity index (χ2n) is 4.53. The summed E-state index contributed by atoms with van der Waals surface area (Å²) in [5.41, 5.74) is 1.33. The number of rotatable bonds is 2. The first-order valence-corrected chi connectivity index (χ1v) is 7.67. The summed E-state index contributed by atoms with van der Waals surface area (Å²) >= 11 is 0.